The Labute approximate surface area is 103 Å². The molecular weight excluding hydrogens is 218 g/mol. The molecule has 1 aromatic heterocycles. The van der Waals surface area contributed by atoms with Crippen molar-refractivity contribution in [3.63, 3.8) is 0 Å². The third-order valence-corrected chi connectivity index (χ3v) is 3.91. The topological polar surface area (TPSA) is 37.8 Å². The molecule has 4 heteroatoms. The Balaban J connectivity index is 2.38. The van der Waals surface area contributed by atoms with Gasteiger partial charge in [0.05, 0.1) is 0 Å². The molecule has 0 spiro atoms. The van der Waals surface area contributed by atoms with Gasteiger partial charge in [0.1, 0.15) is 10.0 Å². The van der Waals surface area contributed by atoms with Crippen molar-refractivity contribution in [2.45, 2.75) is 52.4 Å². The second kappa shape index (κ2) is 7.74. The van der Waals surface area contributed by atoms with Gasteiger partial charge < -0.3 is 5.32 Å². The Morgan fingerprint density at radius 3 is 2.50 bits per heavy atom. The van der Waals surface area contributed by atoms with Crippen LogP contribution in [0.3, 0.4) is 0 Å². The third kappa shape index (κ3) is 4.18. The van der Waals surface area contributed by atoms with Crippen LogP contribution in [0.25, 0.3) is 0 Å². The lowest BCUT2D eigenvalue weighted by molar-refractivity contribution is 0.628. The van der Waals surface area contributed by atoms with E-state index >= 15 is 0 Å². The highest BCUT2D eigenvalue weighted by Gasteiger charge is 2.12. The van der Waals surface area contributed by atoms with E-state index in [1.54, 1.807) is 11.3 Å². The molecule has 1 rings (SSSR count). The summed E-state index contributed by atoms with van der Waals surface area (Å²) in [5.41, 5.74) is 0. The van der Waals surface area contributed by atoms with Crippen LogP contribution in [0.15, 0.2) is 0 Å². The van der Waals surface area contributed by atoms with Crippen molar-refractivity contribution in [1.29, 1.82) is 0 Å². The van der Waals surface area contributed by atoms with E-state index in [9.17, 15) is 0 Å². The lowest BCUT2D eigenvalue weighted by Crippen LogP contribution is -2.17. The molecule has 0 radical (unpaired) electrons. The molecule has 1 heterocycles. The van der Waals surface area contributed by atoms with Crippen molar-refractivity contribution in [1.82, 2.24) is 15.5 Å². The second-order valence-electron chi connectivity index (χ2n) is 4.05. The van der Waals surface area contributed by atoms with Gasteiger partial charge >= 0.3 is 0 Å². The van der Waals surface area contributed by atoms with Crippen LogP contribution in [-0.4, -0.2) is 23.3 Å². The Morgan fingerprint density at radius 1 is 1.12 bits per heavy atom. The summed E-state index contributed by atoms with van der Waals surface area (Å²) in [6.45, 7) is 8.74. The third-order valence-electron chi connectivity index (χ3n) is 2.76. The molecule has 3 nitrogen and oxygen atoms in total. The van der Waals surface area contributed by atoms with Crippen LogP contribution in [0.2, 0.25) is 0 Å². The highest BCUT2D eigenvalue weighted by Crippen LogP contribution is 2.25. The molecule has 0 unspecified atom stereocenters. The molecule has 0 fully saturated rings. The number of nitrogens with zero attached hydrogens (tertiary/aromatic N) is 2. The molecule has 0 atom stereocenters. The minimum Gasteiger partial charge on any atom is -0.316 e. The molecule has 92 valence electrons. The van der Waals surface area contributed by atoms with Gasteiger partial charge in [-0.15, -0.1) is 21.5 Å². The lowest BCUT2D eigenvalue weighted by Gasteiger charge is -2.05. The monoisotopic (exact) mass is 241 g/mol. The van der Waals surface area contributed by atoms with Crippen molar-refractivity contribution in [3.8, 4) is 0 Å². The molecule has 0 bridgehead atoms. The highest BCUT2D eigenvalue weighted by atomic mass is 32.1. The Bertz CT molecular complexity index is 282. The van der Waals surface area contributed by atoms with Crippen LogP contribution in [-0.2, 0) is 6.42 Å². The van der Waals surface area contributed by atoms with Crippen LogP contribution in [0.4, 0.5) is 0 Å². The van der Waals surface area contributed by atoms with E-state index in [-0.39, 0.29) is 0 Å². The van der Waals surface area contributed by atoms with E-state index in [1.165, 1.54) is 29.3 Å². The Hall–Kier alpha value is -0.480. The fraction of sp³-hybridized carbons (Fsp3) is 0.833. The van der Waals surface area contributed by atoms with Crippen LogP contribution in [0.1, 0.15) is 56.0 Å². The minimum atomic E-state index is 0.606. The smallest absolute Gasteiger partial charge is 0.120 e. The second-order valence-corrected chi connectivity index (χ2v) is 5.14. The fourth-order valence-corrected chi connectivity index (χ4v) is 2.78. The zero-order chi connectivity index (χ0) is 11.8. The van der Waals surface area contributed by atoms with Crippen molar-refractivity contribution < 1.29 is 0 Å². The number of hydrogen-bond donors (Lipinski definition) is 1. The Kier molecular flexibility index (Phi) is 6.57. The molecule has 0 aliphatic carbocycles. The number of rotatable bonds is 8. The summed E-state index contributed by atoms with van der Waals surface area (Å²) in [6.07, 6.45) is 4.53. The van der Waals surface area contributed by atoms with Crippen molar-refractivity contribution in [2.75, 3.05) is 13.1 Å². The van der Waals surface area contributed by atoms with Gasteiger partial charge in [-0.25, -0.2) is 0 Å². The predicted molar refractivity (Wildman–Crippen MR) is 70.1 cm³/mol. The molecular formula is C12H23N3S. The first-order valence-electron chi connectivity index (χ1n) is 6.34. The Morgan fingerprint density at radius 2 is 1.88 bits per heavy atom. The van der Waals surface area contributed by atoms with Crippen LogP contribution < -0.4 is 5.32 Å². The summed E-state index contributed by atoms with van der Waals surface area (Å²) in [6, 6.07) is 0. The molecule has 0 saturated carbocycles. The average molecular weight is 241 g/mol. The molecule has 0 saturated heterocycles. The van der Waals surface area contributed by atoms with Crippen molar-refractivity contribution in [3.05, 3.63) is 10.0 Å². The first kappa shape index (κ1) is 13.6. The molecule has 1 N–H and O–H groups in total. The maximum absolute atomic E-state index is 4.30. The van der Waals surface area contributed by atoms with Crippen molar-refractivity contribution >= 4 is 11.3 Å². The predicted octanol–water partition coefficient (Wildman–Crippen LogP) is 2.98. The van der Waals surface area contributed by atoms with Gasteiger partial charge in [0, 0.05) is 18.9 Å². The summed E-state index contributed by atoms with van der Waals surface area (Å²) in [5, 5.41) is 14.3. The summed E-state index contributed by atoms with van der Waals surface area (Å²) in [4.78, 5) is 0. The van der Waals surface area contributed by atoms with Gasteiger partial charge in [-0.2, -0.15) is 0 Å². The molecule has 0 amide bonds. The van der Waals surface area contributed by atoms with E-state index in [0.29, 0.717) is 5.92 Å². The van der Waals surface area contributed by atoms with Gasteiger partial charge in [-0.3, -0.25) is 0 Å². The number of nitrogens with one attached hydrogen (secondary N) is 1. The van der Waals surface area contributed by atoms with E-state index in [2.05, 4.69) is 36.3 Å². The van der Waals surface area contributed by atoms with Gasteiger partial charge in [0.15, 0.2) is 0 Å². The van der Waals surface area contributed by atoms with Gasteiger partial charge in [0.2, 0.25) is 0 Å². The molecule has 16 heavy (non-hydrogen) atoms. The number of hydrogen-bond acceptors (Lipinski definition) is 4. The van der Waals surface area contributed by atoms with Crippen LogP contribution in [0.5, 0.6) is 0 Å². The first-order chi connectivity index (χ1) is 7.81. The summed E-state index contributed by atoms with van der Waals surface area (Å²) >= 11 is 1.79. The average Bonchev–Trinajstić information content (AvgIpc) is 2.75. The standard InChI is InChI=1S/C12H23N3S/c1-4-8-13-9-7-11-14-15-12(16-11)10(5-2)6-3/h10,13H,4-9H2,1-3H3. The molecule has 0 aromatic carbocycles. The van der Waals surface area contributed by atoms with E-state index in [0.717, 1.165) is 19.5 Å². The molecule has 0 aliphatic heterocycles. The highest BCUT2D eigenvalue weighted by molar-refractivity contribution is 7.11. The maximum Gasteiger partial charge on any atom is 0.120 e. The minimum absolute atomic E-state index is 0.606. The molecule has 1 aromatic rings. The molecule has 0 aliphatic rings. The SMILES string of the molecule is CCCNCCc1nnc(C(CC)CC)s1. The van der Waals surface area contributed by atoms with E-state index in [4.69, 9.17) is 0 Å². The van der Waals surface area contributed by atoms with E-state index < -0.39 is 0 Å². The van der Waals surface area contributed by atoms with Crippen molar-refractivity contribution in [2.24, 2.45) is 0 Å². The largest absolute Gasteiger partial charge is 0.316 e. The summed E-state index contributed by atoms with van der Waals surface area (Å²) < 4.78 is 0. The summed E-state index contributed by atoms with van der Waals surface area (Å²) in [7, 11) is 0. The number of aromatic nitrogens is 2. The maximum atomic E-state index is 4.30. The quantitative estimate of drug-likeness (QED) is 0.711. The first-order valence-corrected chi connectivity index (χ1v) is 7.16. The zero-order valence-corrected chi connectivity index (χ0v) is 11.4. The van der Waals surface area contributed by atoms with Gasteiger partial charge in [-0.05, 0) is 25.8 Å². The fourth-order valence-electron chi connectivity index (χ4n) is 1.67. The van der Waals surface area contributed by atoms with Crippen LogP contribution >= 0.6 is 11.3 Å². The van der Waals surface area contributed by atoms with Gasteiger partial charge in [0.25, 0.3) is 0 Å². The normalized spacial score (nSPS) is 11.2. The lowest BCUT2D eigenvalue weighted by atomic mass is 10.1. The van der Waals surface area contributed by atoms with Crippen LogP contribution in [0, 0.1) is 0 Å². The zero-order valence-electron chi connectivity index (χ0n) is 10.6. The van der Waals surface area contributed by atoms with E-state index in [1.807, 2.05) is 0 Å². The summed E-state index contributed by atoms with van der Waals surface area (Å²) in [5.74, 6) is 0.606. The van der Waals surface area contributed by atoms with Gasteiger partial charge in [-0.1, -0.05) is 20.8 Å².